The second-order valence-electron chi connectivity index (χ2n) is 4.17. The summed E-state index contributed by atoms with van der Waals surface area (Å²) in [6.45, 7) is 1.74. The zero-order valence-electron chi connectivity index (χ0n) is 10.7. The van der Waals surface area contributed by atoms with Gasteiger partial charge in [-0.1, -0.05) is 18.2 Å². The van der Waals surface area contributed by atoms with Gasteiger partial charge in [-0.3, -0.25) is 4.79 Å². The van der Waals surface area contributed by atoms with Gasteiger partial charge in [-0.2, -0.15) is 0 Å². The van der Waals surface area contributed by atoms with E-state index in [9.17, 15) is 9.18 Å². The molecule has 4 heteroatoms. The fraction of sp³-hybridized carbons (Fsp3) is 0.133. The first-order valence-electron chi connectivity index (χ1n) is 5.78. The van der Waals surface area contributed by atoms with Crippen LogP contribution in [0.1, 0.15) is 21.5 Å². The highest BCUT2D eigenvalue weighted by atomic mass is 19.1. The third-order valence-electron chi connectivity index (χ3n) is 3.05. The number of methoxy groups -OCH3 is 1. The molecule has 0 heterocycles. The van der Waals surface area contributed by atoms with Gasteiger partial charge in [-0.05, 0) is 30.7 Å². The van der Waals surface area contributed by atoms with Crippen molar-refractivity contribution in [2.24, 2.45) is 0 Å². The van der Waals surface area contributed by atoms with Crippen molar-refractivity contribution in [2.45, 2.75) is 6.92 Å². The molecule has 2 aromatic carbocycles. The second kappa shape index (κ2) is 5.10. The maximum absolute atomic E-state index is 14.1. The zero-order chi connectivity index (χ0) is 14.0. The highest BCUT2D eigenvalue weighted by Crippen LogP contribution is 2.25. The van der Waals surface area contributed by atoms with E-state index in [2.05, 4.69) is 0 Å². The molecule has 0 radical (unpaired) electrons. The largest absolute Gasteiger partial charge is 0.494 e. The van der Waals surface area contributed by atoms with Crippen molar-refractivity contribution in [2.75, 3.05) is 12.8 Å². The van der Waals surface area contributed by atoms with Crippen LogP contribution in [-0.2, 0) is 0 Å². The molecule has 0 aliphatic rings. The maximum atomic E-state index is 14.1. The van der Waals surface area contributed by atoms with Crippen molar-refractivity contribution < 1.29 is 13.9 Å². The molecule has 0 atom stereocenters. The Bertz CT molecular complexity index is 638. The van der Waals surface area contributed by atoms with E-state index in [0.717, 1.165) is 0 Å². The Balaban J connectivity index is 2.54. The van der Waals surface area contributed by atoms with E-state index in [4.69, 9.17) is 10.5 Å². The molecule has 0 fully saturated rings. The van der Waals surface area contributed by atoms with Gasteiger partial charge in [0, 0.05) is 11.3 Å². The number of halogens is 1. The number of hydrogen-bond acceptors (Lipinski definition) is 3. The summed E-state index contributed by atoms with van der Waals surface area (Å²) in [6, 6.07) is 9.49. The number of benzene rings is 2. The van der Waals surface area contributed by atoms with E-state index in [0.29, 0.717) is 16.8 Å². The fourth-order valence-corrected chi connectivity index (χ4v) is 1.89. The molecule has 0 spiro atoms. The van der Waals surface area contributed by atoms with Crippen molar-refractivity contribution >= 4 is 11.5 Å². The van der Waals surface area contributed by atoms with Gasteiger partial charge < -0.3 is 10.5 Å². The number of carbonyl (C=O) groups is 1. The summed E-state index contributed by atoms with van der Waals surface area (Å²) in [4.78, 5) is 12.4. The predicted molar refractivity (Wildman–Crippen MR) is 72.0 cm³/mol. The van der Waals surface area contributed by atoms with Gasteiger partial charge in [0.05, 0.1) is 12.7 Å². The molecule has 19 heavy (non-hydrogen) atoms. The van der Waals surface area contributed by atoms with Gasteiger partial charge in [0.25, 0.3) is 0 Å². The molecule has 2 rings (SSSR count). The summed E-state index contributed by atoms with van der Waals surface area (Å²) < 4.78 is 18.9. The molecule has 98 valence electrons. The van der Waals surface area contributed by atoms with Gasteiger partial charge >= 0.3 is 0 Å². The zero-order valence-corrected chi connectivity index (χ0v) is 10.7. The van der Waals surface area contributed by atoms with Crippen LogP contribution in [0.25, 0.3) is 0 Å². The standard InChI is InChI=1S/C15H14FNO2/c1-9-10(5-3-7-12(9)17)15(18)11-6-4-8-13(19-2)14(11)16/h3-8H,17H2,1-2H3. The van der Waals surface area contributed by atoms with Crippen LogP contribution in [0.3, 0.4) is 0 Å². The molecular formula is C15H14FNO2. The Morgan fingerprint density at radius 2 is 1.79 bits per heavy atom. The Labute approximate surface area is 110 Å². The van der Waals surface area contributed by atoms with E-state index >= 15 is 0 Å². The van der Waals surface area contributed by atoms with E-state index in [1.54, 1.807) is 31.2 Å². The molecule has 0 saturated heterocycles. The molecule has 2 aromatic rings. The summed E-state index contributed by atoms with van der Waals surface area (Å²) in [5, 5.41) is 0. The number of nitrogens with two attached hydrogens (primary N) is 1. The maximum Gasteiger partial charge on any atom is 0.196 e. The summed E-state index contributed by atoms with van der Waals surface area (Å²) in [5.74, 6) is -1.01. The highest BCUT2D eigenvalue weighted by Gasteiger charge is 2.19. The number of anilines is 1. The minimum absolute atomic E-state index is 0.0203. The minimum Gasteiger partial charge on any atom is -0.494 e. The molecule has 0 unspecified atom stereocenters. The summed E-state index contributed by atoms with van der Waals surface area (Å²) in [7, 11) is 1.36. The Morgan fingerprint density at radius 3 is 2.47 bits per heavy atom. The monoisotopic (exact) mass is 259 g/mol. The summed E-state index contributed by atoms with van der Waals surface area (Å²) in [6.07, 6.45) is 0. The van der Waals surface area contributed by atoms with Crippen LogP contribution in [0, 0.1) is 12.7 Å². The number of ether oxygens (including phenoxy) is 1. The van der Waals surface area contributed by atoms with Gasteiger partial charge in [-0.15, -0.1) is 0 Å². The van der Waals surface area contributed by atoms with E-state index < -0.39 is 11.6 Å². The molecule has 3 nitrogen and oxygen atoms in total. The van der Waals surface area contributed by atoms with Crippen LogP contribution >= 0.6 is 0 Å². The molecule has 0 amide bonds. The molecule has 0 aromatic heterocycles. The molecule has 0 aliphatic heterocycles. The molecule has 0 bridgehead atoms. The normalized spacial score (nSPS) is 10.3. The van der Waals surface area contributed by atoms with Crippen molar-refractivity contribution in [1.29, 1.82) is 0 Å². The number of hydrogen-bond donors (Lipinski definition) is 1. The van der Waals surface area contributed by atoms with E-state index in [1.807, 2.05) is 0 Å². The lowest BCUT2D eigenvalue weighted by molar-refractivity contribution is 0.103. The van der Waals surface area contributed by atoms with Crippen LogP contribution in [0.4, 0.5) is 10.1 Å². The fourth-order valence-electron chi connectivity index (χ4n) is 1.89. The van der Waals surface area contributed by atoms with Gasteiger partial charge in [-0.25, -0.2) is 4.39 Å². The lowest BCUT2D eigenvalue weighted by Crippen LogP contribution is -2.08. The van der Waals surface area contributed by atoms with Crippen molar-refractivity contribution in [3.05, 3.63) is 58.9 Å². The Hall–Kier alpha value is -2.36. The van der Waals surface area contributed by atoms with Crippen LogP contribution in [0.5, 0.6) is 5.75 Å². The minimum atomic E-state index is -0.656. The number of nitrogen functional groups attached to an aromatic ring is 1. The van der Waals surface area contributed by atoms with Gasteiger partial charge in [0.1, 0.15) is 0 Å². The predicted octanol–water partition coefficient (Wildman–Crippen LogP) is 2.96. The smallest absolute Gasteiger partial charge is 0.196 e. The SMILES string of the molecule is COc1cccc(C(=O)c2cccc(N)c2C)c1F. The molecule has 0 saturated carbocycles. The molecular weight excluding hydrogens is 245 g/mol. The number of rotatable bonds is 3. The average molecular weight is 259 g/mol. The topological polar surface area (TPSA) is 52.3 Å². The number of carbonyl (C=O) groups excluding carboxylic acids is 1. The average Bonchev–Trinajstić information content (AvgIpc) is 2.41. The molecule has 2 N–H and O–H groups in total. The van der Waals surface area contributed by atoms with Gasteiger partial charge in [0.2, 0.25) is 0 Å². The van der Waals surface area contributed by atoms with Crippen LogP contribution in [-0.4, -0.2) is 12.9 Å². The van der Waals surface area contributed by atoms with Crippen molar-refractivity contribution in [1.82, 2.24) is 0 Å². The summed E-state index contributed by atoms with van der Waals surface area (Å²) in [5.41, 5.74) is 7.29. The van der Waals surface area contributed by atoms with Crippen molar-refractivity contribution in [3.8, 4) is 5.75 Å². The lowest BCUT2D eigenvalue weighted by atomic mass is 9.97. The number of ketones is 1. The van der Waals surface area contributed by atoms with E-state index in [-0.39, 0.29) is 11.3 Å². The summed E-state index contributed by atoms with van der Waals surface area (Å²) >= 11 is 0. The Morgan fingerprint density at radius 1 is 1.16 bits per heavy atom. The highest BCUT2D eigenvalue weighted by molar-refractivity contribution is 6.10. The second-order valence-corrected chi connectivity index (χ2v) is 4.17. The van der Waals surface area contributed by atoms with Crippen LogP contribution in [0.2, 0.25) is 0 Å². The van der Waals surface area contributed by atoms with E-state index in [1.165, 1.54) is 19.2 Å². The first-order chi connectivity index (χ1) is 9.06. The third kappa shape index (κ3) is 2.29. The molecule has 0 aliphatic carbocycles. The third-order valence-corrected chi connectivity index (χ3v) is 3.05. The van der Waals surface area contributed by atoms with Gasteiger partial charge in [0.15, 0.2) is 17.3 Å². The first kappa shape index (κ1) is 13.1. The quantitative estimate of drug-likeness (QED) is 0.681. The first-order valence-corrected chi connectivity index (χ1v) is 5.78. The van der Waals surface area contributed by atoms with Crippen LogP contribution < -0.4 is 10.5 Å². The van der Waals surface area contributed by atoms with Crippen LogP contribution in [0.15, 0.2) is 36.4 Å². The Kier molecular flexibility index (Phi) is 3.51. The van der Waals surface area contributed by atoms with Crippen molar-refractivity contribution in [3.63, 3.8) is 0 Å². The lowest BCUT2D eigenvalue weighted by Gasteiger charge is -2.09.